The van der Waals surface area contributed by atoms with Crippen molar-refractivity contribution in [3.05, 3.63) is 70.5 Å². The number of hydrogen-bond donors (Lipinski definition) is 2. The number of sulfonamides is 1. The molecule has 0 bridgehead atoms. The lowest BCUT2D eigenvalue weighted by atomic mass is 10.1. The number of nitriles is 1. The molecule has 2 N–H and O–H groups in total. The molecule has 2 aromatic carbocycles. The number of nitrogens with zero attached hydrogens (tertiary/aromatic N) is 3. The second-order valence-electron chi connectivity index (χ2n) is 6.36. The van der Waals surface area contributed by atoms with Crippen molar-refractivity contribution in [1.82, 2.24) is 15.2 Å². The highest BCUT2D eigenvalue weighted by atomic mass is 35.5. The van der Waals surface area contributed by atoms with Crippen molar-refractivity contribution in [2.75, 3.05) is 4.72 Å². The smallest absolute Gasteiger partial charge is 0.263 e. The number of thiazole rings is 1. The number of hydrogen-bond acceptors (Lipinski definition) is 7. The van der Waals surface area contributed by atoms with E-state index in [-0.39, 0.29) is 21.3 Å². The van der Waals surface area contributed by atoms with Gasteiger partial charge in [0, 0.05) is 33.4 Å². The number of aryl methyl sites for hydroxylation is 1. The molecule has 11 heteroatoms. The van der Waals surface area contributed by atoms with E-state index in [1.807, 2.05) is 13.0 Å². The van der Waals surface area contributed by atoms with Crippen LogP contribution in [0.25, 0.3) is 11.1 Å². The molecule has 0 aliphatic heterocycles. The predicted octanol–water partition coefficient (Wildman–Crippen LogP) is 4.96. The third kappa shape index (κ3) is 4.39. The molecule has 0 saturated heterocycles. The van der Waals surface area contributed by atoms with Gasteiger partial charge in [0.25, 0.3) is 10.0 Å². The molecular weight excluding hydrogens is 458 g/mol. The van der Waals surface area contributed by atoms with Crippen LogP contribution in [-0.2, 0) is 10.0 Å². The highest BCUT2D eigenvalue weighted by molar-refractivity contribution is 7.93. The lowest BCUT2D eigenvalue weighted by Crippen LogP contribution is -2.13. The fraction of sp³-hybridized carbons (Fsp3) is 0.0500. The van der Waals surface area contributed by atoms with Gasteiger partial charge in [-0.25, -0.2) is 13.4 Å². The van der Waals surface area contributed by atoms with Gasteiger partial charge in [-0.15, -0.1) is 11.3 Å². The minimum atomic E-state index is -3.90. The van der Waals surface area contributed by atoms with Gasteiger partial charge >= 0.3 is 0 Å². The lowest BCUT2D eigenvalue weighted by Gasteiger charge is -2.13. The minimum absolute atomic E-state index is 0.0619. The highest BCUT2D eigenvalue weighted by Crippen LogP contribution is 2.37. The molecule has 2 aromatic heterocycles. The zero-order chi connectivity index (χ0) is 22.0. The number of benzene rings is 2. The first-order valence-electron chi connectivity index (χ1n) is 8.81. The van der Waals surface area contributed by atoms with Crippen LogP contribution in [0.3, 0.4) is 0 Å². The molecule has 4 rings (SSSR count). The Labute approximate surface area is 187 Å². The third-order valence-electron chi connectivity index (χ3n) is 4.32. The van der Waals surface area contributed by atoms with Crippen molar-refractivity contribution in [3.8, 4) is 28.7 Å². The van der Waals surface area contributed by atoms with Crippen LogP contribution < -0.4 is 9.46 Å². The van der Waals surface area contributed by atoms with E-state index in [1.54, 1.807) is 29.8 Å². The van der Waals surface area contributed by atoms with Gasteiger partial charge in [-0.1, -0.05) is 11.6 Å². The number of ether oxygens (including phenoxy) is 1. The number of nitrogens with one attached hydrogen (secondary N) is 2. The summed E-state index contributed by atoms with van der Waals surface area (Å²) >= 11 is 7.31. The van der Waals surface area contributed by atoms with Crippen LogP contribution in [0.1, 0.15) is 11.3 Å². The second-order valence-corrected chi connectivity index (χ2v) is 9.38. The van der Waals surface area contributed by atoms with Gasteiger partial charge in [0.05, 0.1) is 16.7 Å². The van der Waals surface area contributed by atoms with Crippen LogP contribution >= 0.6 is 22.9 Å². The first-order valence-corrected chi connectivity index (χ1v) is 11.6. The van der Waals surface area contributed by atoms with E-state index >= 15 is 0 Å². The summed E-state index contributed by atoms with van der Waals surface area (Å²) in [5, 5.41) is 18.9. The summed E-state index contributed by atoms with van der Waals surface area (Å²) < 4.78 is 33.6. The first kappa shape index (κ1) is 20.9. The minimum Gasteiger partial charge on any atom is -0.455 e. The summed E-state index contributed by atoms with van der Waals surface area (Å²) in [4.78, 5) is 3.84. The molecule has 156 valence electrons. The Morgan fingerprint density at radius 1 is 1.19 bits per heavy atom. The molecule has 0 spiro atoms. The van der Waals surface area contributed by atoms with Crippen molar-refractivity contribution < 1.29 is 13.2 Å². The maximum absolute atomic E-state index is 12.6. The predicted molar refractivity (Wildman–Crippen MR) is 118 cm³/mol. The Hall–Kier alpha value is -3.39. The summed E-state index contributed by atoms with van der Waals surface area (Å²) in [6.45, 7) is 1.86. The van der Waals surface area contributed by atoms with Crippen LogP contribution in [0.4, 0.5) is 5.13 Å². The summed E-state index contributed by atoms with van der Waals surface area (Å²) in [5.74, 6) is 0.655. The quantitative estimate of drug-likeness (QED) is 0.410. The molecule has 0 unspecified atom stereocenters. The van der Waals surface area contributed by atoms with Crippen LogP contribution in [-0.4, -0.2) is 23.6 Å². The monoisotopic (exact) mass is 471 g/mol. The van der Waals surface area contributed by atoms with E-state index in [9.17, 15) is 13.7 Å². The summed E-state index contributed by atoms with van der Waals surface area (Å²) in [7, 11) is -3.90. The zero-order valence-corrected chi connectivity index (χ0v) is 18.3. The van der Waals surface area contributed by atoms with Gasteiger partial charge in [0.1, 0.15) is 17.6 Å². The van der Waals surface area contributed by atoms with Gasteiger partial charge in [-0.2, -0.15) is 10.4 Å². The summed E-state index contributed by atoms with van der Waals surface area (Å²) in [6, 6.07) is 11.1. The standard InChI is InChI=1S/C20H14ClN5O3S2/c1-12-17(11-24-25-12)16-9-14(21)2-4-19(16)29-18-5-3-15(8-13(18)10-22)31(27,28)26-20-23-6-7-30-20/h2-9,11H,1H3,(H,23,26)(H,24,25). The van der Waals surface area contributed by atoms with Crippen molar-refractivity contribution >= 4 is 38.1 Å². The van der Waals surface area contributed by atoms with Crippen molar-refractivity contribution in [1.29, 1.82) is 5.26 Å². The first-order chi connectivity index (χ1) is 14.9. The lowest BCUT2D eigenvalue weighted by molar-refractivity contribution is 0.482. The number of anilines is 1. The van der Waals surface area contributed by atoms with E-state index < -0.39 is 10.0 Å². The fourth-order valence-corrected chi connectivity index (χ4v) is 4.83. The number of aromatic nitrogens is 3. The third-order valence-corrected chi connectivity index (χ3v) is 6.71. The Bertz CT molecular complexity index is 1390. The van der Waals surface area contributed by atoms with Gasteiger partial charge in [-0.3, -0.25) is 9.82 Å². The van der Waals surface area contributed by atoms with Crippen molar-refractivity contribution in [2.24, 2.45) is 0 Å². The average Bonchev–Trinajstić information content (AvgIpc) is 3.40. The van der Waals surface area contributed by atoms with Crippen LogP contribution in [0.2, 0.25) is 5.02 Å². The van der Waals surface area contributed by atoms with E-state index in [4.69, 9.17) is 16.3 Å². The molecule has 0 amide bonds. The van der Waals surface area contributed by atoms with E-state index in [1.165, 1.54) is 24.4 Å². The molecule has 2 heterocycles. The van der Waals surface area contributed by atoms with Crippen LogP contribution in [0.15, 0.2) is 59.1 Å². The molecule has 0 saturated carbocycles. The molecule has 0 aliphatic carbocycles. The van der Waals surface area contributed by atoms with Crippen LogP contribution in [0, 0.1) is 18.3 Å². The number of aromatic amines is 1. The number of H-pyrrole nitrogens is 1. The second kappa shape index (κ2) is 8.39. The molecule has 8 nitrogen and oxygen atoms in total. The normalized spacial score (nSPS) is 11.1. The fourth-order valence-electron chi connectivity index (χ4n) is 2.84. The highest BCUT2D eigenvalue weighted by Gasteiger charge is 2.19. The topological polar surface area (TPSA) is 121 Å². The van der Waals surface area contributed by atoms with Crippen molar-refractivity contribution in [2.45, 2.75) is 11.8 Å². The average molecular weight is 472 g/mol. The maximum Gasteiger partial charge on any atom is 0.263 e. The van der Waals surface area contributed by atoms with Gasteiger partial charge in [0.2, 0.25) is 0 Å². The SMILES string of the molecule is Cc1[nH]ncc1-c1cc(Cl)ccc1Oc1ccc(S(=O)(=O)Nc2nccs2)cc1C#N. The number of rotatable bonds is 6. The molecule has 0 fully saturated rings. The summed E-state index contributed by atoms with van der Waals surface area (Å²) in [5.41, 5.74) is 2.36. The van der Waals surface area contributed by atoms with Gasteiger partial charge in [-0.05, 0) is 43.3 Å². The maximum atomic E-state index is 12.6. The molecule has 0 aliphatic rings. The molecule has 0 radical (unpaired) electrons. The van der Waals surface area contributed by atoms with Gasteiger partial charge in [0.15, 0.2) is 5.13 Å². The Morgan fingerprint density at radius 3 is 2.68 bits per heavy atom. The zero-order valence-electron chi connectivity index (χ0n) is 16.0. The van der Waals surface area contributed by atoms with Crippen molar-refractivity contribution in [3.63, 3.8) is 0 Å². The largest absolute Gasteiger partial charge is 0.455 e. The Kier molecular flexibility index (Phi) is 5.65. The molecular formula is C20H14ClN5O3S2. The molecule has 31 heavy (non-hydrogen) atoms. The van der Waals surface area contributed by atoms with E-state index in [0.29, 0.717) is 16.3 Å². The van der Waals surface area contributed by atoms with E-state index in [2.05, 4.69) is 19.9 Å². The summed E-state index contributed by atoms with van der Waals surface area (Å²) in [6.07, 6.45) is 3.14. The van der Waals surface area contributed by atoms with E-state index in [0.717, 1.165) is 22.6 Å². The number of halogens is 1. The van der Waals surface area contributed by atoms with Crippen LogP contribution in [0.5, 0.6) is 11.5 Å². The Morgan fingerprint density at radius 2 is 2.00 bits per heavy atom. The molecule has 0 atom stereocenters. The Balaban J connectivity index is 1.70. The molecule has 4 aromatic rings. The van der Waals surface area contributed by atoms with Gasteiger partial charge < -0.3 is 4.74 Å².